The molecule has 148 valence electrons. The summed E-state index contributed by atoms with van der Waals surface area (Å²) < 4.78 is 0. The van der Waals surface area contributed by atoms with Crippen LogP contribution in [0.2, 0.25) is 0 Å². The Kier molecular flexibility index (Phi) is 8.66. The fraction of sp³-hybridized carbons (Fsp3) is 0.273. The number of nitrogens with zero attached hydrogens (tertiary/aromatic N) is 2. The van der Waals surface area contributed by atoms with Gasteiger partial charge in [0.05, 0.1) is 18.2 Å². The van der Waals surface area contributed by atoms with Crippen molar-refractivity contribution in [3.8, 4) is 0 Å². The minimum atomic E-state index is -0.587. The van der Waals surface area contributed by atoms with Crippen molar-refractivity contribution in [2.45, 2.75) is 26.5 Å². The van der Waals surface area contributed by atoms with Crippen LogP contribution in [-0.2, 0) is 6.54 Å². The van der Waals surface area contributed by atoms with Gasteiger partial charge in [0.25, 0.3) is 0 Å². The van der Waals surface area contributed by atoms with Crippen LogP contribution in [0.4, 0.5) is 0 Å². The lowest BCUT2D eigenvalue weighted by atomic mass is 10.1. The number of hydrogen-bond acceptors (Lipinski definition) is 3. The molecule has 28 heavy (non-hydrogen) atoms. The Balaban J connectivity index is 0.00000280. The number of fused-ring (bicyclic) bond motifs is 1. The van der Waals surface area contributed by atoms with E-state index in [0.717, 1.165) is 28.6 Å². The molecule has 0 aliphatic rings. The minimum Gasteiger partial charge on any atom is -0.387 e. The Morgan fingerprint density at radius 2 is 1.82 bits per heavy atom. The van der Waals surface area contributed by atoms with E-state index in [1.807, 2.05) is 68.6 Å². The van der Waals surface area contributed by atoms with Crippen molar-refractivity contribution in [3.05, 3.63) is 77.5 Å². The van der Waals surface area contributed by atoms with Crippen LogP contribution in [0.3, 0.4) is 0 Å². The maximum atomic E-state index is 10.4. The van der Waals surface area contributed by atoms with Gasteiger partial charge < -0.3 is 15.7 Å². The number of aliphatic hydroxyl groups is 1. The lowest BCUT2D eigenvalue weighted by Crippen LogP contribution is -2.39. The molecule has 2 aromatic carbocycles. The summed E-state index contributed by atoms with van der Waals surface area (Å²) in [6, 6.07) is 18.0. The normalized spacial score (nSPS) is 12.3. The molecule has 0 amide bonds. The molecule has 0 aliphatic heterocycles. The number of halogens is 1. The fourth-order valence-corrected chi connectivity index (χ4v) is 2.90. The number of benzene rings is 2. The summed E-state index contributed by atoms with van der Waals surface area (Å²) in [5, 5.41) is 18.0. The quantitative estimate of drug-likeness (QED) is 0.278. The monoisotopic (exact) mass is 490 g/mol. The molecule has 1 atom stereocenters. The smallest absolute Gasteiger partial charge is 0.191 e. The highest BCUT2D eigenvalue weighted by Crippen LogP contribution is 2.17. The van der Waals surface area contributed by atoms with Crippen LogP contribution in [0, 0.1) is 6.92 Å². The van der Waals surface area contributed by atoms with Gasteiger partial charge in [-0.3, -0.25) is 4.98 Å². The number of aromatic nitrogens is 1. The summed E-state index contributed by atoms with van der Waals surface area (Å²) in [6.45, 7) is 5.75. The SMILES string of the molecule is CCNC(=NCc1ccnc2ccccc12)NCC(O)c1ccc(C)cc1.I. The number of pyridine rings is 1. The lowest BCUT2D eigenvalue weighted by molar-refractivity contribution is 0.181. The molecular weight excluding hydrogens is 463 g/mol. The van der Waals surface area contributed by atoms with Crippen LogP contribution < -0.4 is 10.6 Å². The van der Waals surface area contributed by atoms with Crippen LogP contribution in [0.25, 0.3) is 10.9 Å². The van der Waals surface area contributed by atoms with Crippen molar-refractivity contribution in [1.82, 2.24) is 15.6 Å². The zero-order valence-corrected chi connectivity index (χ0v) is 18.6. The first-order valence-corrected chi connectivity index (χ1v) is 9.27. The molecule has 0 fully saturated rings. The Morgan fingerprint density at radius 1 is 1.07 bits per heavy atom. The molecule has 1 unspecified atom stereocenters. The molecule has 0 radical (unpaired) electrons. The average Bonchev–Trinajstić information content (AvgIpc) is 2.70. The van der Waals surface area contributed by atoms with E-state index in [1.54, 1.807) is 0 Å². The van der Waals surface area contributed by atoms with Crippen LogP contribution in [0.1, 0.15) is 29.7 Å². The Hall–Kier alpha value is -2.19. The van der Waals surface area contributed by atoms with Crippen molar-refractivity contribution in [1.29, 1.82) is 0 Å². The van der Waals surface area contributed by atoms with Gasteiger partial charge in [-0.15, -0.1) is 24.0 Å². The molecule has 3 rings (SSSR count). The zero-order chi connectivity index (χ0) is 19.1. The van der Waals surface area contributed by atoms with Gasteiger partial charge in [-0.25, -0.2) is 4.99 Å². The molecule has 6 heteroatoms. The first kappa shape index (κ1) is 22.1. The summed E-state index contributed by atoms with van der Waals surface area (Å²) >= 11 is 0. The molecule has 0 spiro atoms. The average molecular weight is 490 g/mol. The van der Waals surface area contributed by atoms with Crippen molar-refractivity contribution >= 4 is 40.8 Å². The maximum Gasteiger partial charge on any atom is 0.191 e. The van der Waals surface area contributed by atoms with E-state index in [-0.39, 0.29) is 24.0 Å². The molecule has 0 bridgehead atoms. The van der Waals surface area contributed by atoms with E-state index < -0.39 is 6.10 Å². The number of rotatable bonds is 6. The molecule has 0 saturated heterocycles. The predicted octanol–water partition coefficient (Wildman–Crippen LogP) is 3.95. The largest absolute Gasteiger partial charge is 0.387 e. The molecule has 3 aromatic rings. The second-order valence-corrected chi connectivity index (χ2v) is 6.49. The van der Waals surface area contributed by atoms with Gasteiger partial charge in [-0.2, -0.15) is 0 Å². The fourth-order valence-electron chi connectivity index (χ4n) is 2.90. The van der Waals surface area contributed by atoms with Gasteiger partial charge in [0, 0.05) is 24.7 Å². The van der Waals surface area contributed by atoms with Gasteiger partial charge in [0.15, 0.2) is 5.96 Å². The van der Waals surface area contributed by atoms with E-state index in [2.05, 4.69) is 26.7 Å². The van der Waals surface area contributed by atoms with Crippen molar-refractivity contribution < 1.29 is 5.11 Å². The van der Waals surface area contributed by atoms with Crippen LogP contribution >= 0.6 is 24.0 Å². The maximum absolute atomic E-state index is 10.4. The van der Waals surface area contributed by atoms with Crippen LogP contribution in [0.5, 0.6) is 0 Å². The summed E-state index contributed by atoms with van der Waals surface area (Å²) in [5.74, 6) is 0.685. The molecule has 1 heterocycles. The predicted molar refractivity (Wildman–Crippen MR) is 126 cm³/mol. The van der Waals surface area contributed by atoms with Gasteiger partial charge in [-0.1, -0.05) is 48.0 Å². The number of guanidine groups is 1. The third-order valence-electron chi connectivity index (χ3n) is 4.42. The molecule has 3 N–H and O–H groups in total. The number of aryl methyl sites for hydroxylation is 1. The summed E-state index contributed by atoms with van der Waals surface area (Å²) in [4.78, 5) is 9.06. The first-order chi connectivity index (χ1) is 13.2. The third kappa shape index (κ3) is 5.90. The molecule has 0 aliphatic carbocycles. The molecule has 5 nitrogen and oxygen atoms in total. The lowest BCUT2D eigenvalue weighted by Gasteiger charge is -2.16. The molecule has 0 saturated carbocycles. The summed E-state index contributed by atoms with van der Waals surface area (Å²) in [5.41, 5.74) is 4.16. The minimum absolute atomic E-state index is 0. The van der Waals surface area contributed by atoms with E-state index >= 15 is 0 Å². The van der Waals surface area contributed by atoms with Gasteiger partial charge in [0.2, 0.25) is 0 Å². The highest BCUT2D eigenvalue weighted by molar-refractivity contribution is 14.0. The highest BCUT2D eigenvalue weighted by Gasteiger charge is 2.08. The van der Waals surface area contributed by atoms with Crippen LogP contribution in [-0.4, -0.2) is 29.1 Å². The Labute approximate surface area is 183 Å². The highest BCUT2D eigenvalue weighted by atomic mass is 127. The number of aliphatic hydroxyl groups excluding tert-OH is 1. The molecule has 1 aromatic heterocycles. The van der Waals surface area contributed by atoms with Crippen molar-refractivity contribution in [3.63, 3.8) is 0 Å². The van der Waals surface area contributed by atoms with Crippen molar-refractivity contribution in [2.24, 2.45) is 4.99 Å². The topological polar surface area (TPSA) is 69.5 Å². The standard InChI is InChI=1S/C22H26N4O.HI/c1-3-23-22(26-15-21(27)17-10-8-16(2)9-11-17)25-14-18-12-13-24-20-7-5-4-6-19(18)20;/h4-13,21,27H,3,14-15H2,1-2H3,(H2,23,25,26);1H. The Morgan fingerprint density at radius 3 is 2.57 bits per heavy atom. The Bertz CT molecular complexity index is 907. The zero-order valence-electron chi connectivity index (χ0n) is 16.2. The van der Waals surface area contributed by atoms with Crippen LogP contribution in [0.15, 0.2) is 65.8 Å². The molecular formula is C22H27IN4O. The second-order valence-electron chi connectivity index (χ2n) is 6.49. The second kappa shape index (κ2) is 11.0. The summed E-state index contributed by atoms with van der Waals surface area (Å²) in [6.07, 6.45) is 1.23. The van der Waals surface area contributed by atoms with Gasteiger partial charge in [-0.05, 0) is 37.1 Å². The van der Waals surface area contributed by atoms with E-state index in [1.165, 1.54) is 5.56 Å². The summed E-state index contributed by atoms with van der Waals surface area (Å²) in [7, 11) is 0. The van der Waals surface area contributed by atoms with E-state index in [4.69, 9.17) is 0 Å². The first-order valence-electron chi connectivity index (χ1n) is 9.27. The van der Waals surface area contributed by atoms with Crippen molar-refractivity contribution in [2.75, 3.05) is 13.1 Å². The van der Waals surface area contributed by atoms with Gasteiger partial charge >= 0.3 is 0 Å². The third-order valence-corrected chi connectivity index (χ3v) is 4.42. The number of para-hydroxylation sites is 1. The van der Waals surface area contributed by atoms with E-state index in [0.29, 0.717) is 19.0 Å². The number of aliphatic imine (C=N–C) groups is 1. The van der Waals surface area contributed by atoms with E-state index in [9.17, 15) is 5.11 Å². The number of hydrogen-bond donors (Lipinski definition) is 3. The number of nitrogens with one attached hydrogen (secondary N) is 2. The van der Waals surface area contributed by atoms with Gasteiger partial charge in [0.1, 0.15) is 0 Å².